The molecule has 30 heavy (non-hydrogen) atoms. The highest BCUT2D eigenvalue weighted by Crippen LogP contribution is 2.35. The Kier molecular flexibility index (Phi) is 5.93. The van der Waals surface area contributed by atoms with E-state index in [1.165, 1.54) is 23.5 Å². The lowest BCUT2D eigenvalue weighted by molar-refractivity contribution is 0.188. The number of aromatic nitrogens is 4. The van der Waals surface area contributed by atoms with E-state index in [1.807, 2.05) is 6.92 Å². The molecule has 3 heterocycles. The molecule has 0 atom stereocenters. The third-order valence-corrected chi connectivity index (χ3v) is 5.75. The first-order valence-electron chi connectivity index (χ1n) is 9.58. The Labute approximate surface area is 177 Å². The van der Waals surface area contributed by atoms with Crippen LogP contribution in [0.1, 0.15) is 5.82 Å². The van der Waals surface area contributed by atoms with Gasteiger partial charge in [0.15, 0.2) is 16.6 Å². The van der Waals surface area contributed by atoms with E-state index in [-0.39, 0.29) is 18.1 Å². The third kappa shape index (κ3) is 4.58. The van der Waals surface area contributed by atoms with E-state index in [9.17, 15) is 10.2 Å². The summed E-state index contributed by atoms with van der Waals surface area (Å²) >= 11 is 1.39. The molecule has 4 rings (SSSR count). The molecule has 1 saturated heterocycles. The van der Waals surface area contributed by atoms with Gasteiger partial charge < -0.3 is 20.2 Å². The molecule has 1 aliphatic heterocycles. The second-order valence-corrected chi connectivity index (χ2v) is 7.95. The van der Waals surface area contributed by atoms with Crippen LogP contribution in [0.5, 0.6) is 11.5 Å². The maximum atomic E-state index is 9.71. The molecule has 0 aliphatic carbocycles. The summed E-state index contributed by atoms with van der Waals surface area (Å²) in [6.07, 6.45) is 1.69. The first-order chi connectivity index (χ1) is 14.5. The van der Waals surface area contributed by atoms with Gasteiger partial charge in [-0.05, 0) is 30.7 Å². The standard InChI is InChI=1S/C19H23N7O3S/c1-12-21-17(23-18(22-12)26-6-4-25(5-7-26)8-9-27)24-19-20-11-16(30-19)13-2-3-14(28)15(29)10-13/h2-3,10-11,27-29H,4-9H2,1H3,(H,20,21,22,23,24). The van der Waals surface area contributed by atoms with Crippen LogP contribution in [0.3, 0.4) is 0 Å². The molecule has 2 aromatic heterocycles. The van der Waals surface area contributed by atoms with Gasteiger partial charge >= 0.3 is 0 Å². The second-order valence-electron chi connectivity index (χ2n) is 6.92. The number of benzene rings is 1. The highest BCUT2D eigenvalue weighted by molar-refractivity contribution is 7.18. The van der Waals surface area contributed by atoms with Crippen molar-refractivity contribution >= 4 is 28.4 Å². The normalized spacial score (nSPS) is 14.8. The summed E-state index contributed by atoms with van der Waals surface area (Å²) in [5.74, 6) is 1.32. The molecule has 0 bridgehead atoms. The van der Waals surface area contributed by atoms with Crippen LogP contribution >= 0.6 is 11.3 Å². The predicted octanol–water partition coefficient (Wildman–Crippen LogP) is 1.57. The number of aromatic hydroxyl groups is 2. The van der Waals surface area contributed by atoms with Crippen molar-refractivity contribution in [2.24, 2.45) is 0 Å². The van der Waals surface area contributed by atoms with Crippen molar-refractivity contribution in [2.45, 2.75) is 6.92 Å². The molecule has 0 radical (unpaired) electrons. The Morgan fingerprint density at radius 1 is 1.07 bits per heavy atom. The molecule has 0 unspecified atom stereocenters. The molecule has 0 amide bonds. The number of nitrogens with zero attached hydrogens (tertiary/aromatic N) is 6. The fraction of sp³-hybridized carbons (Fsp3) is 0.368. The van der Waals surface area contributed by atoms with Gasteiger partial charge in [-0.2, -0.15) is 15.0 Å². The zero-order chi connectivity index (χ0) is 21.1. The lowest BCUT2D eigenvalue weighted by Gasteiger charge is -2.34. The molecule has 1 aliphatic rings. The zero-order valence-electron chi connectivity index (χ0n) is 16.5. The Bertz CT molecular complexity index is 1020. The van der Waals surface area contributed by atoms with Crippen molar-refractivity contribution in [2.75, 3.05) is 49.5 Å². The van der Waals surface area contributed by atoms with Crippen molar-refractivity contribution in [1.29, 1.82) is 0 Å². The summed E-state index contributed by atoms with van der Waals surface area (Å²) in [6, 6.07) is 4.65. The van der Waals surface area contributed by atoms with Crippen LogP contribution in [-0.4, -0.2) is 79.5 Å². The minimum atomic E-state index is -0.174. The molecule has 0 saturated carbocycles. The second kappa shape index (κ2) is 8.78. The summed E-state index contributed by atoms with van der Waals surface area (Å²) < 4.78 is 0. The molecule has 3 aromatic rings. The maximum Gasteiger partial charge on any atom is 0.234 e. The van der Waals surface area contributed by atoms with E-state index < -0.39 is 0 Å². The summed E-state index contributed by atoms with van der Waals surface area (Å²) in [7, 11) is 0. The zero-order valence-corrected chi connectivity index (χ0v) is 17.3. The Hall–Kier alpha value is -3.02. The van der Waals surface area contributed by atoms with Crippen molar-refractivity contribution in [1.82, 2.24) is 24.8 Å². The quantitative estimate of drug-likeness (QED) is 0.428. The summed E-state index contributed by atoms with van der Waals surface area (Å²) in [5, 5.41) is 32.0. The van der Waals surface area contributed by atoms with Gasteiger partial charge in [0.05, 0.1) is 11.5 Å². The van der Waals surface area contributed by atoms with Crippen molar-refractivity contribution in [3.8, 4) is 21.9 Å². The lowest BCUT2D eigenvalue weighted by atomic mass is 10.2. The number of piperazine rings is 1. The number of aliphatic hydroxyl groups is 1. The van der Waals surface area contributed by atoms with Gasteiger partial charge in [0.2, 0.25) is 11.9 Å². The average molecular weight is 430 g/mol. The molecule has 10 nitrogen and oxygen atoms in total. The topological polar surface area (TPSA) is 131 Å². The van der Waals surface area contributed by atoms with Crippen LogP contribution in [0.4, 0.5) is 17.0 Å². The van der Waals surface area contributed by atoms with Gasteiger partial charge in [0, 0.05) is 38.9 Å². The van der Waals surface area contributed by atoms with Crippen LogP contribution in [0, 0.1) is 6.92 Å². The minimum absolute atomic E-state index is 0.160. The van der Waals surface area contributed by atoms with E-state index in [0.29, 0.717) is 29.4 Å². The minimum Gasteiger partial charge on any atom is -0.504 e. The van der Waals surface area contributed by atoms with E-state index in [0.717, 1.165) is 36.6 Å². The monoisotopic (exact) mass is 429 g/mol. The SMILES string of the molecule is Cc1nc(Nc2ncc(-c3ccc(O)c(O)c3)s2)nc(N2CCN(CCO)CC2)n1. The van der Waals surface area contributed by atoms with E-state index in [1.54, 1.807) is 12.3 Å². The van der Waals surface area contributed by atoms with Crippen molar-refractivity contribution < 1.29 is 15.3 Å². The fourth-order valence-electron chi connectivity index (χ4n) is 3.22. The van der Waals surface area contributed by atoms with Crippen LogP contribution in [-0.2, 0) is 0 Å². The Balaban J connectivity index is 1.48. The fourth-order valence-corrected chi connectivity index (χ4v) is 4.02. The largest absolute Gasteiger partial charge is 0.504 e. The Morgan fingerprint density at radius 2 is 1.87 bits per heavy atom. The molecule has 0 spiro atoms. The molecule has 1 aromatic carbocycles. The van der Waals surface area contributed by atoms with E-state index in [4.69, 9.17) is 5.11 Å². The van der Waals surface area contributed by atoms with Gasteiger partial charge in [-0.15, -0.1) is 0 Å². The highest BCUT2D eigenvalue weighted by Gasteiger charge is 2.20. The number of β-amino-alcohol motifs (C(OH)–C–C–N with tert-alkyl or cyclic N) is 1. The number of anilines is 3. The average Bonchev–Trinajstić information content (AvgIpc) is 3.19. The molecular weight excluding hydrogens is 406 g/mol. The van der Waals surface area contributed by atoms with Gasteiger partial charge in [0.25, 0.3) is 0 Å². The van der Waals surface area contributed by atoms with E-state index >= 15 is 0 Å². The number of aliphatic hydroxyl groups excluding tert-OH is 1. The summed E-state index contributed by atoms with van der Waals surface area (Å²) in [6.45, 7) is 5.95. The van der Waals surface area contributed by atoms with Crippen molar-refractivity contribution in [3.63, 3.8) is 0 Å². The number of thiazole rings is 1. The number of hydrogen-bond acceptors (Lipinski definition) is 11. The van der Waals surface area contributed by atoms with Crippen molar-refractivity contribution in [3.05, 3.63) is 30.2 Å². The van der Waals surface area contributed by atoms with Gasteiger partial charge in [-0.25, -0.2) is 4.98 Å². The number of phenolic OH excluding ortho intramolecular Hbond substituents is 2. The summed E-state index contributed by atoms with van der Waals surface area (Å²) in [5.41, 5.74) is 0.754. The Morgan fingerprint density at radius 3 is 2.60 bits per heavy atom. The van der Waals surface area contributed by atoms with Crippen LogP contribution < -0.4 is 10.2 Å². The molecule has 4 N–H and O–H groups in total. The smallest absolute Gasteiger partial charge is 0.234 e. The first kappa shape index (κ1) is 20.3. The van der Waals surface area contributed by atoms with Crippen LogP contribution in [0.2, 0.25) is 0 Å². The lowest BCUT2D eigenvalue weighted by Crippen LogP contribution is -2.47. The summed E-state index contributed by atoms with van der Waals surface area (Å²) in [4.78, 5) is 22.9. The van der Waals surface area contributed by atoms with Crippen LogP contribution in [0.15, 0.2) is 24.4 Å². The number of rotatable bonds is 6. The number of nitrogens with one attached hydrogen (secondary N) is 1. The number of aryl methyl sites for hydroxylation is 1. The first-order valence-corrected chi connectivity index (χ1v) is 10.4. The predicted molar refractivity (Wildman–Crippen MR) is 114 cm³/mol. The van der Waals surface area contributed by atoms with Crippen LogP contribution in [0.25, 0.3) is 10.4 Å². The molecule has 11 heteroatoms. The van der Waals surface area contributed by atoms with Gasteiger partial charge in [-0.1, -0.05) is 11.3 Å². The number of phenols is 2. The molecule has 1 fully saturated rings. The maximum absolute atomic E-state index is 9.71. The molecular formula is C19H23N7O3S. The third-order valence-electron chi connectivity index (χ3n) is 4.79. The van der Waals surface area contributed by atoms with Gasteiger partial charge in [0.1, 0.15) is 5.82 Å². The van der Waals surface area contributed by atoms with E-state index in [2.05, 4.69) is 35.1 Å². The van der Waals surface area contributed by atoms with Gasteiger partial charge in [-0.3, -0.25) is 10.2 Å². The highest BCUT2D eigenvalue weighted by atomic mass is 32.1. The molecule has 158 valence electrons. The number of hydrogen-bond donors (Lipinski definition) is 4.